The summed E-state index contributed by atoms with van der Waals surface area (Å²) in [6, 6.07) is 0. The van der Waals surface area contributed by atoms with Crippen molar-refractivity contribution in [3.63, 3.8) is 0 Å². The fourth-order valence-electron chi connectivity index (χ4n) is 0.0875. The average molecular weight is 258 g/mol. The Kier molecular flexibility index (Phi) is 3.41. The van der Waals surface area contributed by atoms with E-state index in [9.17, 15) is 13.2 Å². The topological polar surface area (TPSA) is 0 Å². The van der Waals surface area contributed by atoms with Crippen molar-refractivity contribution >= 4 is 34.2 Å². The van der Waals surface area contributed by atoms with Crippen molar-refractivity contribution in [3.8, 4) is 0 Å². The van der Waals surface area contributed by atoms with Crippen molar-refractivity contribution in [2.75, 3.05) is 5.88 Å². The molecule has 0 saturated heterocycles. The first kappa shape index (κ1) is 8.81. The van der Waals surface area contributed by atoms with Gasteiger partial charge >= 0.3 is 6.18 Å². The zero-order valence-corrected chi connectivity index (χ0v) is 6.59. The molecule has 0 rings (SSSR count). The highest BCUT2D eigenvalue weighted by molar-refractivity contribution is 14.1. The van der Waals surface area contributed by atoms with Crippen molar-refractivity contribution in [1.82, 2.24) is 0 Å². The van der Waals surface area contributed by atoms with Crippen LogP contribution in [-0.4, -0.2) is 16.0 Å². The Morgan fingerprint density at radius 3 is 1.88 bits per heavy atom. The van der Waals surface area contributed by atoms with E-state index in [1.165, 1.54) is 22.6 Å². The molecular weight excluding hydrogens is 255 g/mol. The van der Waals surface area contributed by atoms with Crippen molar-refractivity contribution in [1.29, 1.82) is 0 Å². The van der Waals surface area contributed by atoms with E-state index in [2.05, 4.69) is 0 Å². The lowest BCUT2D eigenvalue weighted by atomic mass is 10.5. The summed E-state index contributed by atoms with van der Waals surface area (Å²) in [6.45, 7) is 0. The second-order valence-electron chi connectivity index (χ2n) is 1.16. The number of hydrogen-bond donors (Lipinski definition) is 0. The molecule has 0 N–H and O–H groups in total. The van der Waals surface area contributed by atoms with E-state index in [1.807, 2.05) is 0 Å². The van der Waals surface area contributed by atoms with Gasteiger partial charge in [-0.25, -0.2) is 0 Å². The van der Waals surface area contributed by atoms with Gasteiger partial charge in [-0.3, -0.25) is 0 Å². The molecule has 0 aromatic carbocycles. The monoisotopic (exact) mass is 258 g/mol. The van der Waals surface area contributed by atoms with Crippen LogP contribution in [0.3, 0.4) is 0 Å². The second-order valence-corrected chi connectivity index (χ2v) is 2.98. The predicted molar refractivity (Wildman–Crippen MR) is 34.6 cm³/mol. The minimum absolute atomic E-state index is 0.371. The molecule has 0 saturated carbocycles. The van der Waals surface area contributed by atoms with E-state index in [1.54, 1.807) is 0 Å². The average Bonchev–Trinajstić information content (AvgIpc) is 1.62. The van der Waals surface area contributed by atoms with Crippen LogP contribution in [0, 0.1) is 0 Å². The van der Waals surface area contributed by atoms with E-state index in [4.69, 9.17) is 11.6 Å². The van der Waals surface area contributed by atoms with Gasteiger partial charge < -0.3 is 0 Å². The lowest BCUT2D eigenvalue weighted by Crippen LogP contribution is -2.23. The third-order valence-corrected chi connectivity index (χ3v) is 2.47. The van der Waals surface area contributed by atoms with Gasteiger partial charge in [-0.1, -0.05) is 22.6 Å². The molecule has 0 aliphatic carbocycles. The Morgan fingerprint density at radius 1 is 1.50 bits per heavy atom. The van der Waals surface area contributed by atoms with Crippen LogP contribution in [0.15, 0.2) is 0 Å². The Morgan fingerprint density at radius 2 is 1.88 bits per heavy atom. The molecule has 0 heterocycles. The molecular formula is C3H3ClF3I. The molecule has 1 unspecified atom stereocenters. The van der Waals surface area contributed by atoms with E-state index in [-0.39, 0.29) is 5.88 Å². The normalized spacial score (nSPS) is 16.1. The van der Waals surface area contributed by atoms with Crippen LogP contribution < -0.4 is 0 Å². The highest BCUT2D eigenvalue weighted by Crippen LogP contribution is 2.27. The summed E-state index contributed by atoms with van der Waals surface area (Å²) < 4.78 is 32.7. The largest absolute Gasteiger partial charge is 0.401 e. The van der Waals surface area contributed by atoms with Crippen molar-refractivity contribution in [2.45, 2.75) is 10.1 Å². The smallest absolute Gasteiger partial charge is 0.170 e. The van der Waals surface area contributed by atoms with Gasteiger partial charge in [0.2, 0.25) is 0 Å². The van der Waals surface area contributed by atoms with Crippen LogP contribution in [0.1, 0.15) is 0 Å². The molecule has 0 bridgehead atoms. The summed E-state index contributed by atoms with van der Waals surface area (Å²) in [6.07, 6.45) is -4.14. The van der Waals surface area contributed by atoms with Gasteiger partial charge in [0.25, 0.3) is 0 Å². The van der Waals surface area contributed by atoms with Gasteiger partial charge in [-0.05, 0) is 0 Å². The molecule has 8 heavy (non-hydrogen) atoms. The minimum Gasteiger partial charge on any atom is -0.170 e. The maximum Gasteiger partial charge on any atom is 0.401 e. The lowest BCUT2D eigenvalue weighted by molar-refractivity contribution is -0.120. The van der Waals surface area contributed by atoms with Crippen LogP contribution in [0.2, 0.25) is 0 Å². The molecule has 1 atom stereocenters. The molecule has 0 aromatic heterocycles. The minimum atomic E-state index is -4.14. The predicted octanol–water partition coefficient (Wildman–Crippen LogP) is 2.59. The Bertz CT molecular complexity index is 71.4. The molecule has 5 heteroatoms. The number of hydrogen-bond acceptors (Lipinski definition) is 0. The first-order valence-electron chi connectivity index (χ1n) is 1.75. The zero-order valence-electron chi connectivity index (χ0n) is 3.67. The molecule has 0 fully saturated rings. The maximum atomic E-state index is 11.4. The quantitative estimate of drug-likeness (QED) is 0.501. The number of alkyl halides is 5. The summed E-state index contributed by atoms with van der Waals surface area (Å²) >= 11 is 6.16. The van der Waals surface area contributed by atoms with Gasteiger partial charge in [0.05, 0.1) is 0 Å². The number of halogens is 5. The SMILES string of the molecule is FC(F)(F)C(I)CCl. The van der Waals surface area contributed by atoms with Crippen molar-refractivity contribution < 1.29 is 13.2 Å². The standard InChI is InChI=1S/C3H3ClF3I/c4-1-2(8)3(5,6)7/h2H,1H2. The maximum absolute atomic E-state index is 11.4. The summed E-state index contributed by atoms with van der Waals surface area (Å²) in [5, 5.41) is 0. The van der Waals surface area contributed by atoms with Crippen LogP contribution in [-0.2, 0) is 0 Å². The third kappa shape index (κ3) is 2.96. The van der Waals surface area contributed by atoms with Crippen LogP contribution >= 0.6 is 34.2 Å². The van der Waals surface area contributed by atoms with Crippen LogP contribution in [0.25, 0.3) is 0 Å². The molecule has 0 spiro atoms. The van der Waals surface area contributed by atoms with Gasteiger partial charge in [0.1, 0.15) is 3.92 Å². The lowest BCUT2D eigenvalue weighted by Gasteiger charge is -2.08. The van der Waals surface area contributed by atoms with Crippen molar-refractivity contribution in [2.24, 2.45) is 0 Å². The summed E-state index contributed by atoms with van der Waals surface area (Å²) in [5.74, 6) is -0.371. The first-order valence-corrected chi connectivity index (χ1v) is 3.53. The van der Waals surface area contributed by atoms with Gasteiger partial charge in [-0.2, -0.15) is 13.2 Å². The molecule has 50 valence electrons. The zero-order chi connectivity index (χ0) is 6.78. The second kappa shape index (κ2) is 3.10. The van der Waals surface area contributed by atoms with Gasteiger partial charge in [0.15, 0.2) is 0 Å². The Hall–Kier alpha value is 0.810. The molecule has 0 radical (unpaired) electrons. The van der Waals surface area contributed by atoms with E-state index < -0.39 is 10.1 Å². The van der Waals surface area contributed by atoms with Crippen molar-refractivity contribution in [3.05, 3.63) is 0 Å². The Labute approximate surface area is 63.5 Å². The molecule has 0 aromatic rings. The fraction of sp³-hybridized carbons (Fsp3) is 1.00. The summed E-state index contributed by atoms with van der Waals surface area (Å²) in [7, 11) is 0. The highest BCUT2D eigenvalue weighted by Gasteiger charge is 2.36. The fourth-order valence-corrected chi connectivity index (χ4v) is 0.262. The van der Waals surface area contributed by atoms with Gasteiger partial charge in [0, 0.05) is 5.88 Å². The van der Waals surface area contributed by atoms with E-state index in [0.717, 1.165) is 0 Å². The molecule has 0 amide bonds. The Balaban J connectivity index is 3.62. The molecule has 0 nitrogen and oxygen atoms in total. The summed E-state index contributed by atoms with van der Waals surface area (Å²) in [5.41, 5.74) is 0. The molecule has 0 aliphatic heterocycles. The van der Waals surface area contributed by atoms with E-state index in [0.29, 0.717) is 0 Å². The first-order chi connectivity index (χ1) is 3.48. The number of rotatable bonds is 1. The van der Waals surface area contributed by atoms with Crippen LogP contribution in [0.5, 0.6) is 0 Å². The molecule has 0 aliphatic rings. The highest BCUT2D eigenvalue weighted by atomic mass is 127. The van der Waals surface area contributed by atoms with Crippen LogP contribution in [0.4, 0.5) is 13.2 Å². The third-order valence-electron chi connectivity index (χ3n) is 0.491. The summed E-state index contributed by atoms with van der Waals surface area (Å²) in [4.78, 5) is 0. The van der Waals surface area contributed by atoms with E-state index >= 15 is 0 Å². The van der Waals surface area contributed by atoms with Gasteiger partial charge in [-0.15, -0.1) is 11.6 Å².